The van der Waals surface area contributed by atoms with Crippen LogP contribution in [0.4, 0.5) is 5.82 Å². The van der Waals surface area contributed by atoms with Gasteiger partial charge < -0.3 is 35.0 Å². The van der Waals surface area contributed by atoms with Gasteiger partial charge in [0.1, 0.15) is 30.2 Å². The van der Waals surface area contributed by atoms with Crippen molar-refractivity contribution in [3.8, 4) is 0 Å². The molecule has 0 aromatic carbocycles. The molecule has 1 fully saturated rings. The van der Waals surface area contributed by atoms with Crippen LogP contribution in [0.25, 0.3) is 11.2 Å². The van der Waals surface area contributed by atoms with Crippen LogP contribution in [0.15, 0.2) is 12.7 Å². The Morgan fingerprint density at radius 2 is 2.08 bits per heavy atom. The highest BCUT2D eigenvalue weighted by Gasteiger charge is 2.41. The molecule has 0 spiro atoms. The second-order valence-corrected chi connectivity index (χ2v) is 6.53. The van der Waals surface area contributed by atoms with Gasteiger partial charge in [0.2, 0.25) is 0 Å². The fraction of sp³-hybridized carbons (Fsp3) is 0.545. The Morgan fingerprint density at radius 3 is 2.79 bits per heavy atom. The Balaban J connectivity index is 1.79. The molecule has 0 bridgehead atoms. The van der Waals surface area contributed by atoms with Gasteiger partial charge in [0.25, 0.3) is 0 Å². The Labute approximate surface area is 135 Å². The highest BCUT2D eigenvalue weighted by atomic mass is 31.2. The van der Waals surface area contributed by atoms with Crippen molar-refractivity contribution in [1.82, 2.24) is 19.5 Å². The number of nitrogens with two attached hydrogens (primary N) is 1. The van der Waals surface area contributed by atoms with E-state index < -0.39 is 38.8 Å². The second-order valence-electron chi connectivity index (χ2n) is 5.29. The summed E-state index contributed by atoms with van der Waals surface area (Å²) in [6.45, 7) is -0.613. The molecule has 0 aliphatic carbocycles. The topological polar surface area (TPSA) is 186 Å². The number of aromatic nitrogens is 4. The summed E-state index contributed by atoms with van der Waals surface area (Å²) in [5, 5.41) is 20.5. The molecule has 132 valence electrons. The van der Waals surface area contributed by atoms with Crippen LogP contribution >= 0.6 is 7.82 Å². The summed E-state index contributed by atoms with van der Waals surface area (Å²) in [6.07, 6.45) is -1.16. The lowest BCUT2D eigenvalue weighted by Gasteiger charge is -2.37. The maximum Gasteiger partial charge on any atom is 0.469 e. The molecule has 0 unspecified atom stereocenters. The molecular weight excluding hydrogens is 345 g/mol. The van der Waals surface area contributed by atoms with Crippen LogP contribution in [0.5, 0.6) is 0 Å². The highest BCUT2D eigenvalue weighted by Crippen LogP contribution is 2.37. The minimum absolute atomic E-state index is 0.0528. The lowest BCUT2D eigenvalue weighted by atomic mass is 9.98. The number of fused-ring (bicyclic) bond motifs is 1. The van der Waals surface area contributed by atoms with Gasteiger partial charge in [0.05, 0.1) is 25.6 Å². The van der Waals surface area contributed by atoms with Crippen LogP contribution in [0.1, 0.15) is 6.04 Å². The molecule has 13 heteroatoms. The molecule has 1 saturated heterocycles. The van der Waals surface area contributed by atoms with E-state index in [9.17, 15) is 14.8 Å². The molecule has 0 saturated carbocycles. The minimum atomic E-state index is -4.70. The highest BCUT2D eigenvalue weighted by molar-refractivity contribution is 7.46. The molecule has 2 aromatic rings. The van der Waals surface area contributed by atoms with Crippen molar-refractivity contribution in [2.45, 2.75) is 24.4 Å². The van der Waals surface area contributed by atoms with Crippen LogP contribution in [0.3, 0.4) is 0 Å². The number of nitrogen functional groups attached to an aromatic ring is 1. The zero-order valence-electron chi connectivity index (χ0n) is 12.2. The van der Waals surface area contributed by atoms with Gasteiger partial charge in [0, 0.05) is 0 Å². The van der Waals surface area contributed by atoms with Crippen LogP contribution in [0, 0.1) is 0 Å². The zero-order chi connectivity index (χ0) is 17.5. The first-order valence-corrected chi connectivity index (χ1v) is 8.42. The van der Waals surface area contributed by atoms with Gasteiger partial charge >= 0.3 is 7.82 Å². The maximum absolute atomic E-state index is 10.7. The molecule has 3 heterocycles. The summed E-state index contributed by atoms with van der Waals surface area (Å²) in [6, 6.07) is -0.717. The second kappa shape index (κ2) is 6.33. The Kier molecular flexibility index (Phi) is 4.53. The van der Waals surface area contributed by atoms with Gasteiger partial charge in [-0.2, -0.15) is 0 Å². The monoisotopic (exact) mass is 361 g/mol. The quantitative estimate of drug-likeness (QED) is 0.386. The zero-order valence-corrected chi connectivity index (χ0v) is 13.1. The standard InChI is InChI=1S/C11H16N5O7P/c12-10-7-11(14-3-13-10)16(4-15-7)5-1-22-6(9(18)8(5)17)2-23-24(19,20)21/h3-6,8-9,17-18H,1-2H2,(H2,12,13,14)(H2,19,20,21)/t5-,6-,8+,9-/m1/s1. The number of hydrogen-bond acceptors (Lipinski definition) is 9. The van der Waals surface area contributed by atoms with Crippen LogP contribution in [-0.2, 0) is 13.8 Å². The first kappa shape index (κ1) is 17.2. The van der Waals surface area contributed by atoms with Gasteiger partial charge in [-0.25, -0.2) is 19.5 Å². The van der Waals surface area contributed by atoms with E-state index in [2.05, 4.69) is 19.5 Å². The fourth-order valence-corrected chi connectivity index (χ4v) is 2.88. The van der Waals surface area contributed by atoms with Crippen molar-refractivity contribution in [2.24, 2.45) is 0 Å². The van der Waals surface area contributed by atoms with Crippen LogP contribution in [0.2, 0.25) is 0 Å². The largest absolute Gasteiger partial charge is 0.469 e. The van der Waals surface area contributed by atoms with Crippen molar-refractivity contribution in [1.29, 1.82) is 0 Å². The number of anilines is 1. The van der Waals surface area contributed by atoms with Crippen molar-refractivity contribution < 1.29 is 33.8 Å². The molecule has 1 aliphatic rings. The number of phosphoric acid groups is 1. The van der Waals surface area contributed by atoms with E-state index in [1.807, 2.05) is 0 Å². The predicted octanol–water partition coefficient (Wildman–Crippen LogP) is -1.82. The van der Waals surface area contributed by atoms with Gasteiger partial charge in [-0.1, -0.05) is 0 Å². The molecule has 24 heavy (non-hydrogen) atoms. The number of nitrogens with zero attached hydrogens (tertiary/aromatic N) is 4. The predicted molar refractivity (Wildman–Crippen MR) is 78.5 cm³/mol. The van der Waals surface area contributed by atoms with E-state index in [1.165, 1.54) is 17.2 Å². The third kappa shape index (κ3) is 3.26. The molecular formula is C11H16N5O7P. The third-order valence-corrected chi connectivity index (χ3v) is 4.24. The Morgan fingerprint density at radius 1 is 1.33 bits per heavy atom. The minimum Gasteiger partial charge on any atom is -0.388 e. The molecule has 3 rings (SSSR count). The summed E-state index contributed by atoms with van der Waals surface area (Å²) >= 11 is 0. The molecule has 1 aliphatic heterocycles. The summed E-state index contributed by atoms with van der Waals surface area (Å²) in [7, 11) is -4.70. The Bertz CT molecular complexity index is 779. The molecule has 6 N–H and O–H groups in total. The summed E-state index contributed by atoms with van der Waals surface area (Å²) in [4.78, 5) is 29.3. The van der Waals surface area contributed by atoms with E-state index in [0.29, 0.717) is 11.2 Å². The number of imidazole rings is 1. The number of ether oxygens (including phenoxy) is 1. The number of aliphatic hydroxyl groups is 2. The number of rotatable bonds is 4. The van der Waals surface area contributed by atoms with Crippen LogP contribution < -0.4 is 5.73 Å². The van der Waals surface area contributed by atoms with E-state index in [4.69, 9.17) is 20.3 Å². The van der Waals surface area contributed by atoms with Gasteiger partial charge in [-0.15, -0.1) is 0 Å². The number of aliphatic hydroxyl groups excluding tert-OH is 2. The smallest absolute Gasteiger partial charge is 0.388 e. The third-order valence-electron chi connectivity index (χ3n) is 3.76. The van der Waals surface area contributed by atoms with Gasteiger partial charge in [-0.05, 0) is 0 Å². The van der Waals surface area contributed by atoms with E-state index in [1.54, 1.807) is 0 Å². The van der Waals surface area contributed by atoms with E-state index in [-0.39, 0.29) is 12.4 Å². The normalized spacial score (nSPS) is 28.3. The van der Waals surface area contributed by atoms with Gasteiger partial charge in [0.15, 0.2) is 11.5 Å². The fourth-order valence-electron chi connectivity index (χ4n) is 2.54. The summed E-state index contributed by atoms with van der Waals surface area (Å²) in [5.74, 6) is 0.179. The molecule has 0 amide bonds. The van der Waals surface area contributed by atoms with E-state index in [0.717, 1.165) is 0 Å². The average molecular weight is 361 g/mol. The van der Waals surface area contributed by atoms with Gasteiger partial charge in [-0.3, -0.25) is 4.52 Å². The lowest BCUT2D eigenvalue weighted by Crippen LogP contribution is -2.52. The number of hydrogen-bond donors (Lipinski definition) is 5. The SMILES string of the molecule is Nc1ncnc2c1ncn2[C@@H]1CO[C@H](COP(=O)(O)O)[C@@H](O)[C@H]1O. The van der Waals surface area contributed by atoms with Crippen LogP contribution in [-0.4, -0.2) is 71.0 Å². The van der Waals surface area contributed by atoms with Crippen molar-refractivity contribution in [3.63, 3.8) is 0 Å². The molecule has 4 atom stereocenters. The Hall–Kier alpha value is -1.66. The first-order valence-electron chi connectivity index (χ1n) is 6.89. The maximum atomic E-state index is 10.7. The summed E-state index contributed by atoms with van der Waals surface area (Å²) in [5.41, 5.74) is 6.42. The average Bonchev–Trinajstić information content (AvgIpc) is 2.93. The molecule has 0 radical (unpaired) electrons. The summed E-state index contributed by atoms with van der Waals surface area (Å²) < 4.78 is 21.9. The molecule has 12 nitrogen and oxygen atoms in total. The van der Waals surface area contributed by atoms with Crippen molar-refractivity contribution >= 4 is 24.8 Å². The lowest BCUT2D eigenvalue weighted by molar-refractivity contribution is -0.168. The van der Waals surface area contributed by atoms with Crippen molar-refractivity contribution in [2.75, 3.05) is 18.9 Å². The van der Waals surface area contributed by atoms with E-state index >= 15 is 0 Å². The molecule has 2 aromatic heterocycles. The first-order chi connectivity index (χ1) is 11.3. The number of phosphoric ester groups is 1. The van der Waals surface area contributed by atoms with Crippen molar-refractivity contribution in [3.05, 3.63) is 12.7 Å².